The number of nitrogens with zero attached hydrogens (tertiary/aromatic N) is 4. The molecule has 1 amide bonds. The Morgan fingerprint density at radius 1 is 1.16 bits per heavy atom. The van der Waals surface area contributed by atoms with Gasteiger partial charge in [0.15, 0.2) is 9.84 Å². The predicted octanol–water partition coefficient (Wildman–Crippen LogP) is 2.72. The second-order valence-electron chi connectivity index (χ2n) is 8.55. The van der Waals surface area contributed by atoms with Crippen LogP contribution < -0.4 is 4.90 Å². The summed E-state index contributed by atoms with van der Waals surface area (Å²) in [6.45, 7) is 4.91. The Balaban J connectivity index is 1.43. The number of aromatic nitrogens is 2. The van der Waals surface area contributed by atoms with E-state index in [-0.39, 0.29) is 16.7 Å². The summed E-state index contributed by atoms with van der Waals surface area (Å²) < 4.78 is 30.3. The molecule has 2 aliphatic heterocycles. The molecule has 0 saturated carbocycles. The maximum absolute atomic E-state index is 12.6. The van der Waals surface area contributed by atoms with E-state index in [0.717, 1.165) is 37.5 Å². The van der Waals surface area contributed by atoms with Gasteiger partial charge in [0.1, 0.15) is 16.4 Å². The van der Waals surface area contributed by atoms with Crippen molar-refractivity contribution in [1.82, 2.24) is 14.9 Å². The summed E-state index contributed by atoms with van der Waals surface area (Å²) in [5.41, 5.74) is 0.609. The molecule has 2 aromatic rings. The van der Waals surface area contributed by atoms with Gasteiger partial charge in [-0.2, -0.15) is 0 Å². The van der Waals surface area contributed by atoms with Gasteiger partial charge in [0.25, 0.3) is 0 Å². The van der Waals surface area contributed by atoms with Gasteiger partial charge in [-0.05, 0) is 44.7 Å². The summed E-state index contributed by atoms with van der Waals surface area (Å²) in [6.07, 6.45) is 7.28. The molecule has 168 valence electrons. The second-order valence-corrected chi connectivity index (χ2v) is 10.5. The number of carbonyl (C=O) groups excluding carboxylic acids is 1. The molecule has 4 heterocycles. The molecule has 0 aliphatic carbocycles. The number of rotatable bonds is 6. The van der Waals surface area contributed by atoms with Crippen molar-refractivity contribution in [2.24, 2.45) is 0 Å². The monoisotopic (exact) mass is 446 g/mol. The molecule has 31 heavy (non-hydrogen) atoms. The Kier molecular flexibility index (Phi) is 6.31. The lowest BCUT2D eigenvalue weighted by molar-refractivity contribution is -0.132. The highest BCUT2D eigenvalue weighted by molar-refractivity contribution is 7.90. The predicted molar refractivity (Wildman–Crippen MR) is 117 cm³/mol. The lowest BCUT2D eigenvalue weighted by Gasteiger charge is -2.32. The summed E-state index contributed by atoms with van der Waals surface area (Å²) in [4.78, 5) is 25.9. The molecule has 0 N–H and O–H groups in total. The highest BCUT2D eigenvalue weighted by Crippen LogP contribution is 2.32. The van der Waals surface area contributed by atoms with Crippen molar-refractivity contribution < 1.29 is 17.6 Å². The Labute approximate surface area is 183 Å². The molecule has 2 fully saturated rings. The lowest BCUT2D eigenvalue weighted by atomic mass is 9.93. The number of anilines is 1. The molecule has 4 rings (SSSR count). The fraction of sp³-hybridized carbons (Fsp3) is 0.591. The molecular formula is C22H30N4O4S. The third-order valence-corrected chi connectivity index (χ3v) is 7.29. The normalized spacial score (nSPS) is 18.0. The highest BCUT2D eigenvalue weighted by atomic mass is 32.2. The highest BCUT2D eigenvalue weighted by Gasteiger charge is 2.30. The van der Waals surface area contributed by atoms with Gasteiger partial charge >= 0.3 is 0 Å². The van der Waals surface area contributed by atoms with Crippen LogP contribution in [0.4, 0.5) is 5.95 Å². The minimum absolute atomic E-state index is 0.00542. The average molecular weight is 447 g/mol. The largest absolute Gasteiger partial charge is 0.466 e. The molecule has 0 unspecified atom stereocenters. The maximum Gasteiger partial charge on any atom is 0.225 e. The maximum atomic E-state index is 12.6. The van der Waals surface area contributed by atoms with E-state index in [4.69, 9.17) is 9.40 Å². The van der Waals surface area contributed by atoms with Gasteiger partial charge in [-0.1, -0.05) is 0 Å². The quantitative estimate of drug-likeness (QED) is 0.673. The molecule has 2 aliphatic rings. The van der Waals surface area contributed by atoms with E-state index in [9.17, 15) is 13.2 Å². The van der Waals surface area contributed by atoms with Gasteiger partial charge in [0, 0.05) is 51.2 Å². The number of carbonyl (C=O) groups is 1. The minimum Gasteiger partial charge on any atom is -0.466 e. The van der Waals surface area contributed by atoms with Crippen molar-refractivity contribution in [3.05, 3.63) is 35.5 Å². The number of sulfone groups is 1. The van der Waals surface area contributed by atoms with Crippen LogP contribution in [-0.4, -0.2) is 61.6 Å². The number of amides is 1. The van der Waals surface area contributed by atoms with Crippen LogP contribution in [0.15, 0.2) is 27.6 Å². The van der Waals surface area contributed by atoms with E-state index in [1.807, 2.05) is 24.0 Å². The molecule has 0 aromatic carbocycles. The van der Waals surface area contributed by atoms with E-state index in [0.29, 0.717) is 50.4 Å². The Bertz CT molecular complexity index is 1040. The van der Waals surface area contributed by atoms with E-state index < -0.39 is 9.84 Å². The Morgan fingerprint density at radius 3 is 2.48 bits per heavy atom. The first kappa shape index (κ1) is 21.8. The first-order valence-electron chi connectivity index (χ1n) is 11.0. The van der Waals surface area contributed by atoms with Crippen molar-refractivity contribution in [3.63, 3.8) is 0 Å². The van der Waals surface area contributed by atoms with Crippen LogP contribution in [0.2, 0.25) is 0 Å². The van der Waals surface area contributed by atoms with E-state index in [2.05, 4.69) is 9.88 Å². The summed E-state index contributed by atoms with van der Waals surface area (Å²) >= 11 is 0. The molecule has 8 nitrogen and oxygen atoms in total. The van der Waals surface area contributed by atoms with E-state index in [1.165, 1.54) is 12.5 Å². The van der Waals surface area contributed by atoms with Gasteiger partial charge in [-0.25, -0.2) is 18.4 Å². The van der Waals surface area contributed by atoms with Crippen LogP contribution in [0.5, 0.6) is 0 Å². The molecule has 0 spiro atoms. The van der Waals surface area contributed by atoms with Gasteiger partial charge in [-0.3, -0.25) is 4.79 Å². The summed E-state index contributed by atoms with van der Waals surface area (Å²) in [5.74, 6) is 2.41. The second kappa shape index (κ2) is 8.98. The fourth-order valence-electron chi connectivity index (χ4n) is 4.43. The van der Waals surface area contributed by atoms with Gasteiger partial charge in [-0.15, -0.1) is 0 Å². The van der Waals surface area contributed by atoms with Crippen molar-refractivity contribution in [3.8, 4) is 0 Å². The molecule has 2 saturated heterocycles. The zero-order valence-electron chi connectivity index (χ0n) is 18.2. The number of piperidine rings is 1. The SMILES string of the molecule is Cc1ccc(CCC(=O)N2CCC(c3nc(N4CCCC4)ncc3S(C)(=O)=O)CC2)o1. The van der Waals surface area contributed by atoms with Gasteiger partial charge < -0.3 is 14.2 Å². The third-order valence-electron chi connectivity index (χ3n) is 6.17. The summed E-state index contributed by atoms with van der Waals surface area (Å²) in [5, 5.41) is 0. The molecule has 0 bridgehead atoms. The van der Waals surface area contributed by atoms with Crippen LogP contribution >= 0.6 is 0 Å². The molecule has 9 heteroatoms. The average Bonchev–Trinajstić information content (AvgIpc) is 3.43. The van der Waals surface area contributed by atoms with Crippen LogP contribution in [-0.2, 0) is 21.1 Å². The van der Waals surface area contributed by atoms with Crippen LogP contribution in [0.25, 0.3) is 0 Å². The lowest BCUT2D eigenvalue weighted by Crippen LogP contribution is -2.38. The molecular weight excluding hydrogens is 416 g/mol. The van der Waals surface area contributed by atoms with Crippen molar-refractivity contribution in [2.45, 2.75) is 56.3 Å². The number of likely N-dealkylation sites (tertiary alicyclic amines) is 1. The van der Waals surface area contributed by atoms with Crippen molar-refractivity contribution in [1.29, 1.82) is 0 Å². The van der Waals surface area contributed by atoms with E-state index in [1.54, 1.807) is 0 Å². The van der Waals surface area contributed by atoms with Crippen LogP contribution in [0, 0.1) is 6.92 Å². The molecule has 2 aromatic heterocycles. The third kappa shape index (κ3) is 5.08. The summed E-state index contributed by atoms with van der Waals surface area (Å²) in [7, 11) is -3.42. The standard InChI is InChI=1S/C22H30N4O4S/c1-16-5-6-18(30-16)7-8-20(27)25-13-9-17(10-14-25)21-19(31(2,28)29)15-23-22(24-21)26-11-3-4-12-26/h5-6,15,17H,3-4,7-14H2,1-2H3. The van der Waals surface area contributed by atoms with E-state index >= 15 is 0 Å². The van der Waals surface area contributed by atoms with Crippen LogP contribution in [0.3, 0.4) is 0 Å². The first-order valence-corrected chi connectivity index (χ1v) is 12.9. The topological polar surface area (TPSA) is 96.6 Å². The Hall–Kier alpha value is -2.42. The minimum atomic E-state index is -3.42. The zero-order chi connectivity index (χ0) is 22.0. The number of aryl methyl sites for hydroxylation is 2. The van der Waals surface area contributed by atoms with Crippen molar-refractivity contribution in [2.75, 3.05) is 37.3 Å². The summed E-state index contributed by atoms with van der Waals surface area (Å²) in [6, 6.07) is 3.82. The number of hydrogen-bond acceptors (Lipinski definition) is 7. The fourth-order valence-corrected chi connectivity index (χ4v) is 5.27. The number of hydrogen-bond donors (Lipinski definition) is 0. The van der Waals surface area contributed by atoms with Gasteiger partial charge in [0.2, 0.25) is 11.9 Å². The first-order chi connectivity index (χ1) is 14.8. The molecule has 0 radical (unpaired) electrons. The zero-order valence-corrected chi connectivity index (χ0v) is 19.0. The Morgan fingerprint density at radius 2 is 1.87 bits per heavy atom. The van der Waals surface area contributed by atoms with Crippen LogP contribution in [0.1, 0.15) is 55.2 Å². The van der Waals surface area contributed by atoms with Crippen molar-refractivity contribution >= 4 is 21.7 Å². The molecule has 0 atom stereocenters. The number of furan rings is 1. The van der Waals surface area contributed by atoms with Gasteiger partial charge in [0.05, 0.1) is 11.9 Å². The smallest absolute Gasteiger partial charge is 0.225 e.